The van der Waals surface area contributed by atoms with Crippen molar-refractivity contribution in [3.05, 3.63) is 41.5 Å². The number of ether oxygens (including phenoxy) is 1. The van der Waals surface area contributed by atoms with E-state index in [1.54, 1.807) is 7.11 Å². The molecule has 0 saturated carbocycles. The maximum absolute atomic E-state index is 5.00. The van der Waals surface area contributed by atoms with E-state index in [2.05, 4.69) is 30.0 Å². The summed E-state index contributed by atoms with van der Waals surface area (Å²) in [6.07, 6.45) is 2.06. The van der Waals surface area contributed by atoms with Crippen LogP contribution in [0.3, 0.4) is 0 Å². The van der Waals surface area contributed by atoms with Crippen molar-refractivity contribution in [3.8, 4) is 11.8 Å². The second-order valence-corrected chi connectivity index (χ2v) is 4.31. The van der Waals surface area contributed by atoms with Crippen molar-refractivity contribution in [2.45, 2.75) is 6.92 Å². The summed E-state index contributed by atoms with van der Waals surface area (Å²) >= 11 is 1.26. The van der Waals surface area contributed by atoms with E-state index < -0.39 is 0 Å². The van der Waals surface area contributed by atoms with Crippen molar-refractivity contribution < 1.29 is 24.1 Å². The summed E-state index contributed by atoms with van der Waals surface area (Å²) in [5, 5.41) is 0. The van der Waals surface area contributed by atoms with Crippen LogP contribution < -0.4 is 0 Å². The molecule has 0 aliphatic rings. The molecule has 0 aromatic heterocycles. The molecule has 2 heteroatoms. The van der Waals surface area contributed by atoms with Gasteiger partial charge in [0, 0.05) is 0 Å². The van der Waals surface area contributed by atoms with Gasteiger partial charge in [-0.15, -0.1) is 0 Å². The van der Waals surface area contributed by atoms with E-state index in [-0.39, 0.29) is 0 Å². The molecule has 0 fully saturated rings. The number of hydrogen-bond donors (Lipinski definition) is 0. The predicted molar refractivity (Wildman–Crippen MR) is 59.9 cm³/mol. The monoisotopic (exact) mass is 368 g/mol. The van der Waals surface area contributed by atoms with Crippen LogP contribution in [0.25, 0.3) is 6.08 Å². The van der Waals surface area contributed by atoms with Gasteiger partial charge in [0.05, 0.1) is 0 Å². The normalized spacial score (nSPS) is 10.4. The first-order valence-electron chi connectivity index (χ1n) is 4.55. The Kier molecular flexibility index (Phi) is 5.25. The van der Waals surface area contributed by atoms with Gasteiger partial charge in [-0.05, 0) is 0 Å². The third-order valence-electron chi connectivity index (χ3n) is 1.73. The van der Waals surface area contributed by atoms with Crippen LogP contribution in [0.15, 0.2) is 35.9 Å². The van der Waals surface area contributed by atoms with Gasteiger partial charge in [0.15, 0.2) is 0 Å². The molecule has 0 atom stereocenters. The molecule has 0 N–H and O–H groups in total. The topological polar surface area (TPSA) is 9.23 Å². The van der Waals surface area contributed by atoms with Gasteiger partial charge >= 0.3 is 102 Å². The predicted octanol–water partition coefficient (Wildman–Crippen LogP) is 2.42. The molecule has 0 saturated heterocycles. The summed E-state index contributed by atoms with van der Waals surface area (Å²) < 4.78 is 5.82. The summed E-state index contributed by atoms with van der Waals surface area (Å²) in [6, 6.07) is 10.2. The molecule has 0 spiro atoms. The maximum atomic E-state index is 5.00. The van der Waals surface area contributed by atoms with Crippen molar-refractivity contribution in [1.29, 1.82) is 0 Å². The van der Waals surface area contributed by atoms with Crippen LogP contribution in [0.1, 0.15) is 12.5 Å². The summed E-state index contributed by atoms with van der Waals surface area (Å²) in [5.74, 6) is 6.02. The molecule has 0 amide bonds. The number of rotatable bonds is 2. The van der Waals surface area contributed by atoms with E-state index in [1.165, 1.54) is 24.9 Å². The number of allylic oxidation sites excluding steroid dienone is 1. The molecule has 1 aromatic rings. The van der Waals surface area contributed by atoms with Crippen LogP contribution in [-0.2, 0) is 24.1 Å². The van der Waals surface area contributed by atoms with Crippen molar-refractivity contribution in [2.75, 3.05) is 7.11 Å². The first-order valence-corrected chi connectivity index (χ1v) is 6.02. The zero-order valence-electron chi connectivity index (χ0n) is 8.78. The first kappa shape index (κ1) is 12.1. The Bertz CT molecular complexity index is 421. The van der Waals surface area contributed by atoms with Gasteiger partial charge in [0.2, 0.25) is 0 Å². The van der Waals surface area contributed by atoms with Crippen molar-refractivity contribution in [2.24, 2.45) is 0 Å². The van der Waals surface area contributed by atoms with Crippen molar-refractivity contribution >= 4 is 10.2 Å². The summed E-state index contributed by atoms with van der Waals surface area (Å²) in [6.45, 7) is 2.00. The van der Waals surface area contributed by atoms with Gasteiger partial charge < -0.3 is 0 Å². The van der Waals surface area contributed by atoms with Gasteiger partial charge in [0.1, 0.15) is 0 Å². The fraction of sp³-hybridized carbons (Fsp3) is 0.154. The fourth-order valence-electron chi connectivity index (χ4n) is 1.04. The van der Waals surface area contributed by atoms with E-state index in [1.807, 2.05) is 25.1 Å². The molecule has 1 nitrogen and oxygen atoms in total. The number of methoxy groups -OCH3 is 1. The van der Waals surface area contributed by atoms with Crippen LogP contribution in [0, 0.1) is 11.8 Å². The quantitative estimate of drug-likeness (QED) is 0.729. The minimum absolute atomic E-state index is 0.816. The van der Waals surface area contributed by atoms with Crippen LogP contribution in [0.5, 0.6) is 0 Å². The summed E-state index contributed by atoms with van der Waals surface area (Å²) in [4.78, 5) is 0. The average molecular weight is 368 g/mol. The molecular weight excluding hydrogens is 356 g/mol. The average Bonchev–Trinajstić information content (AvgIpc) is 2.27. The molecule has 15 heavy (non-hydrogen) atoms. The second-order valence-electron chi connectivity index (χ2n) is 2.98. The molecule has 0 heterocycles. The summed E-state index contributed by atoms with van der Waals surface area (Å²) in [5.41, 5.74) is 2.21. The van der Waals surface area contributed by atoms with Gasteiger partial charge in [0.25, 0.3) is 0 Å². The molecule has 0 bridgehead atoms. The SMILES string of the molecule is CO[C](=[W])C#C/C(C)=C/c1ccccc1. The Morgan fingerprint density at radius 3 is 2.53 bits per heavy atom. The van der Waals surface area contributed by atoms with Crippen molar-refractivity contribution in [1.82, 2.24) is 0 Å². The Balaban J connectivity index is 2.76. The summed E-state index contributed by atoms with van der Waals surface area (Å²) in [7, 11) is 1.65. The Hall–Kier alpha value is -0.962. The number of benzene rings is 1. The Morgan fingerprint density at radius 1 is 1.27 bits per heavy atom. The number of hydrogen-bond acceptors (Lipinski definition) is 1. The van der Waals surface area contributed by atoms with Gasteiger partial charge in [-0.1, -0.05) is 0 Å². The van der Waals surface area contributed by atoms with E-state index >= 15 is 0 Å². The molecule has 0 aliphatic carbocycles. The van der Waals surface area contributed by atoms with E-state index in [9.17, 15) is 0 Å². The molecule has 0 unspecified atom stereocenters. The Labute approximate surface area is 102 Å². The standard InChI is InChI=1S/C13H12O.W/c1-12(7-6-10-14-2)11-13-8-4-3-5-9-13;/h3-5,8-9,11H,1-2H3;/b12-11+;. The van der Waals surface area contributed by atoms with E-state index in [4.69, 9.17) is 4.74 Å². The minimum atomic E-state index is 0.816. The van der Waals surface area contributed by atoms with Crippen LogP contribution in [0.4, 0.5) is 0 Å². The molecule has 1 aromatic carbocycles. The molecule has 0 radical (unpaired) electrons. The zero-order valence-corrected chi connectivity index (χ0v) is 11.7. The molecule has 76 valence electrons. The third kappa shape index (κ3) is 4.88. The van der Waals surface area contributed by atoms with E-state index in [0.717, 1.165) is 9.66 Å². The van der Waals surface area contributed by atoms with Crippen LogP contribution in [0.2, 0.25) is 0 Å². The first-order chi connectivity index (χ1) is 7.22. The van der Waals surface area contributed by atoms with Crippen LogP contribution in [-0.4, -0.2) is 11.2 Å². The molecule has 1 rings (SSSR count). The zero-order chi connectivity index (χ0) is 11.1. The van der Waals surface area contributed by atoms with Crippen LogP contribution >= 0.6 is 0 Å². The van der Waals surface area contributed by atoms with Gasteiger partial charge in [-0.25, -0.2) is 0 Å². The van der Waals surface area contributed by atoms with Crippen molar-refractivity contribution in [3.63, 3.8) is 0 Å². The van der Waals surface area contributed by atoms with Gasteiger partial charge in [-0.3, -0.25) is 0 Å². The third-order valence-corrected chi connectivity index (χ3v) is 2.70. The van der Waals surface area contributed by atoms with E-state index in [0.29, 0.717) is 0 Å². The fourth-order valence-corrected chi connectivity index (χ4v) is 1.22. The Morgan fingerprint density at radius 2 is 1.93 bits per heavy atom. The molecule has 0 aliphatic heterocycles. The van der Waals surface area contributed by atoms with Gasteiger partial charge in [-0.2, -0.15) is 0 Å². The molecular formula is C13H12OW. The second kappa shape index (κ2) is 6.51.